The molecular formula is C15H22ClN3O2. The van der Waals surface area contributed by atoms with E-state index in [4.69, 9.17) is 22.1 Å². The van der Waals surface area contributed by atoms with Crippen LogP contribution in [0.3, 0.4) is 0 Å². The van der Waals surface area contributed by atoms with Gasteiger partial charge in [-0.2, -0.15) is 0 Å². The van der Waals surface area contributed by atoms with Gasteiger partial charge in [-0.15, -0.1) is 0 Å². The molecule has 0 radical (unpaired) electrons. The molecule has 0 unspecified atom stereocenters. The van der Waals surface area contributed by atoms with Crippen molar-refractivity contribution in [2.75, 3.05) is 37.3 Å². The molecule has 1 aliphatic rings. The Labute approximate surface area is 130 Å². The molecule has 0 aromatic heterocycles. The number of anilines is 2. The summed E-state index contributed by atoms with van der Waals surface area (Å²) in [6.07, 6.45) is 2.28. The molecule has 21 heavy (non-hydrogen) atoms. The van der Waals surface area contributed by atoms with Gasteiger partial charge in [-0.25, -0.2) is 0 Å². The predicted molar refractivity (Wildman–Crippen MR) is 85.6 cm³/mol. The number of amides is 1. The molecule has 2 rings (SSSR count). The number of rotatable bonds is 5. The topological polar surface area (TPSA) is 67.6 Å². The summed E-state index contributed by atoms with van der Waals surface area (Å²) in [5, 5.41) is 3.30. The molecule has 1 saturated heterocycles. The first-order valence-electron chi connectivity index (χ1n) is 7.27. The van der Waals surface area contributed by atoms with Crippen molar-refractivity contribution in [2.45, 2.75) is 25.9 Å². The highest BCUT2D eigenvalue weighted by atomic mass is 35.5. The third kappa shape index (κ3) is 4.88. The number of ether oxygens (including phenoxy) is 1. The number of nitrogen functional groups attached to an aromatic ring is 1. The Hall–Kier alpha value is -1.30. The molecule has 1 aliphatic heterocycles. The second kappa shape index (κ2) is 7.64. The lowest BCUT2D eigenvalue weighted by Crippen LogP contribution is -2.41. The van der Waals surface area contributed by atoms with Crippen LogP contribution in [0.25, 0.3) is 0 Å². The molecule has 6 heteroatoms. The Balaban J connectivity index is 1.81. The Kier molecular flexibility index (Phi) is 5.85. The maximum absolute atomic E-state index is 12.1. The van der Waals surface area contributed by atoms with E-state index in [1.54, 1.807) is 18.2 Å². The monoisotopic (exact) mass is 311 g/mol. The van der Waals surface area contributed by atoms with E-state index in [0.29, 0.717) is 29.0 Å². The fourth-order valence-electron chi connectivity index (χ4n) is 2.50. The van der Waals surface area contributed by atoms with Crippen molar-refractivity contribution in [3.63, 3.8) is 0 Å². The van der Waals surface area contributed by atoms with Crippen LogP contribution in [0.1, 0.15) is 19.8 Å². The van der Waals surface area contributed by atoms with Crippen molar-refractivity contribution in [1.82, 2.24) is 4.90 Å². The van der Waals surface area contributed by atoms with Crippen LogP contribution >= 0.6 is 11.6 Å². The molecule has 1 aromatic carbocycles. The summed E-state index contributed by atoms with van der Waals surface area (Å²) in [4.78, 5) is 14.2. The number of carbonyl (C=O) groups is 1. The Morgan fingerprint density at radius 3 is 2.86 bits per heavy atom. The van der Waals surface area contributed by atoms with E-state index in [9.17, 15) is 4.79 Å². The van der Waals surface area contributed by atoms with Gasteiger partial charge in [0.2, 0.25) is 5.91 Å². The Morgan fingerprint density at radius 1 is 1.48 bits per heavy atom. The number of nitrogens with two attached hydrogens (primary N) is 1. The zero-order valence-electron chi connectivity index (χ0n) is 12.3. The average molecular weight is 312 g/mol. The zero-order valence-corrected chi connectivity index (χ0v) is 13.0. The van der Waals surface area contributed by atoms with Crippen molar-refractivity contribution < 1.29 is 9.53 Å². The average Bonchev–Trinajstić information content (AvgIpc) is 2.45. The molecule has 5 nitrogen and oxygen atoms in total. The van der Waals surface area contributed by atoms with Gasteiger partial charge >= 0.3 is 0 Å². The van der Waals surface area contributed by atoms with Gasteiger partial charge in [0, 0.05) is 25.4 Å². The van der Waals surface area contributed by atoms with Gasteiger partial charge < -0.3 is 15.8 Å². The van der Waals surface area contributed by atoms with Gasteiger partial charge in [0.05, 0.1) is 23.4 Å². The standard InChI is InChI=1S/C15H22ClN3O2/c1-2-21-12-5-7-19(8-6-12)10-15(20)18-14-9-11(17)3-4-13(14)16/h3-4,9,12H,2,5-8,10,17H2,1H3,(H,18,20). The number of nitrogens with one attached hydrogen (secondary N) is 1. The first-order valence-corrected chi connectivity index (χ1v) is 7.65. The smallest absolute Gasteiger partial charge is 0.238 e. The highest BCUT2D eigenvalue weighted by Gasteiger charge is 2.21. The van der Waals surface area contributed by atoms with E-state index in [0.717, 1.165) is 32.5 Å². The molecule has 1 amide bonds. The second-order valence-corrected chi connectivity index (χ2v) is 5.63. The SMILES string of the molecule is CCOC1CCN(CC(=O)Nc2cc(N)ccc2Cl)CC1. The van der Waals surface area contributed by atoms with E-state index >= 15 is 0 Å². The highest BCUT2D eigenvalue weighted by Crippen LogP contribution is 2.24. The van der Waals surface area contributed by atoms with Crippen LogP contribution in [0, 0.1) is 0 Å². The molecule has 0 spiro atoms. The van der Waals surface area contributed by atoms with Gasteiger partial charge in [-0.3, -0.25) is 9.69 Å². The fourth-order valence-corrected chi connectivity index (χ4v) is 2.67. The number of carbonyl (C=O) groups excluding carboxylic acids is 1. The minimum absolute atomic E-state index is 0.0719. The number of benzene rings is 1. The number of hydrogen-bond donors (Lipinski definition) is 2. The van der Waals surface area contributed by atoms with Crippen LogP contribution in [0.15, 0.2) is 18.2 Å². The lowest BCUT2D eigenvalue weighted by Gasteiger charge is -2.31. The maximum atomic E-state index is 12.1. The number of likely N-dealkylation sites (tertiary alicyclic amines) is 1. The fraction of sp³-hybridized carbons (Fsp3) is 0.533. The van der Waals surface area contributed by atoms with E-state index < -0.39 is 0 Å². The van der Waals surface area contributed by atoms with E-state index in [1.165, 1.54) is 0 Å². The molecule has 1 fully saturated rings. The second-order valence-electron chi connectivity index (χ2n) is 5.22. The normalized spacial score (nSPS) is 16.9. The van der Waals surface area contributed by atoms with Crippen molar-refractivity contribution in [3.05, 3.63) is 23.2 Å². The number of piperidine rings is 1. The van der Waals surface area contributed by atoms with Crippen molar-refractivity contribution in [2.24, 2.45) is 0 Å². The molecule has 0 aliphatic carbocycles. The lowest BCUT2D eigenvalue weighted by atomic mass is 10.1. The Bertz CT molecular complexity index is 488. The maximum Gasteiger partial charge on any atom is 0.238 e. The number of halogens is 1. The van der Waals surface area contributed by atoms with Crippen LogP contribution in [-0.2, 0) is 9.53 Å². The van der Waals surface area contributed by atoms with E-state index in [2.05, 4.69) is 10.2 Å². The molecular weight excluding hydrogens is 290 g/mol. The predicted octanol–water partition coefficient (Wildman–Crippen LogP) is 2.36. The lowest BCUT2D eigenvalue weighted by molar-refractivity contribution is -0.118. The molecule has 0 saturated carbocycles. The van der Waals surface area contributed by atoms with Crippen molar-refractivity contribution in [3.8, 4) is 0 Å². The third-order valence-corrected chi connectivity index (χ3v) is 3.90. The summed E-state index contributed by atoms with van der Waals surface area (Å²) in [6, 6.07) is 5.05. The molecule has 1 heterocycles. The summed E-state index contributed by atoms with van der Waals surface area (Å²) >= 11 is 6.04. The number of hydrogen-bond acceptors (Lipinski definition) is 4. The molecule has 3 N–H and O–H groups in total. The van der Waals surface area contributed by atoms with Gasteiger partial charge in [-0.05, 0) is 38.0 Å². The van der Waals surface area contributed by atoms with Crippen LogP contribution in [-0.4, -0.2) is 43.2 Å². The Morgan fingerprint density at radius 2 is 2.19 bits per heavy atom. The molecule has 1 aromatic rings. The van der Waals surface area contributed by atoms with Crippen LogP contribution in [0.2, 0.25) is 5.02 Å². The molecule has 0 bridgehead atoms. The summed E-state index contributed by atoms with van der Waals surface area (Å²) in [5.41, 5.74) is 6.83. The van der Waals surface area contributed by atoms with Crippen molar-refractivity contribution >= 4 is 28.9 Å². The van der Waals surface area contributed by atoms with Gasteiger partial charge in [-0.1, -0.05) is 11.6 Å². The van der Waals surface area contributed by atoms with Crippen LogP contribution in [0.5, 0.6) is 0 Å². The van der Waals surface area contributed by atoms with Crippen LogP contribution in [0.4, 0.5) is 11.4 Å². The number of nitrogens with zero attached hydrogens (tertiary/aromatic N) is 1. The van der Waals surface area contributed by atoms with Crippen LogP contribution < -0.4 is 11.1 Å². The third-order valence-electron chi connectivity index (χ3n) is 3.57. The summed E-state index contributed by atoms with van der Waals surface area (Å²) < 4.78 is 5.60. The first-order chi connectivity index (χ1) is 10.1. The van der Waals surface area contributed by atoms with Crippen molar-refractivity contribution in [1.29, 1.82) is 0 Å². The molecule has 116 valence electrons. The zero-order chi connectivity index (χ0) is 15.2. The highest BCUT2D eigenvalue weighted by molar-refractivity contribution is 6.33. The summed E-state index contributed by atoms with van der Waals surface area (Å²) in [6.45, 7) is 4.88. The largest absolute Gasteiger partial charge is 0.399 e. The quantitative estimate of drug-likeness (QED) is 0.819. The summed E-state index contributed by atoms with van der Waals surface area (Å²) in [5.74, 6) is -0.0719. The molecule has 0 atom stereocenters. The minimum atomic E-state index is -0.0719. The minimum Gasteiger partial charge on any atom is -0.399 e. The summed E-state index contributed by atoms with van der Waals surface area (Å²) in [7, 11) is 0. The van der Waals surface area contributed by atoms with Gasteiger partial charge in [0.25, 0.3) is 0 Å². The van der Waals surface area contributed by atoms with Gasteiger partial charge in [0.15, 0.2) is 0 Å². The van der Waals surface area contributed by atoms with E-state index in [-0.39, 0.29) is 5.91 Å². The first kappa shape index (κ1) is 16.1. The van der Waals surface area contributed by atoms with E-state index in [1.807, 2.05) is 6.92 Å². The van der Waals surface area contributed by atoms with Gasteiger partial charge in [0.1, 0.15) is 0 Å².